The van der Waals surface area contributed by atoms with Crippen molar-refractivity contribution in [1.29, 1.82) is 5.26 Å². The molecule has 0 aliphatic carbocycles. The van der Waals surface area contributed by atoms with Crippen molar-refractivity contribution in [1.82, 2.24) is 0 Å². The molecule has 3 rings (SSSR count). The van der Waals surface area contributed by atoms with Gasteiger partial charge in [0.1, 0.15) is 11.1 Å². The van der Waals surface area contributed by atoms with E-state index in [0.29, 0.717) is 17.0 Å². The Labute approximate surface area is 203 Å². The molecule has 0 spiro atoms. The van der Waals surface area contributed by atoms with Gasteiger partial charge in [0, 0.05) is 27.9 Å². The molecular weight excluding hydrogens is 450 g/mol. The molecule has 1 atom stereocenters. The number of aryl methyl sites for hydroxylation is 1. The van der Waals surface area contributed by atoms with Gasteiger partial charge in [0.15, 0.2) is 0 Å². The van der Waals surface area contributed by atoms with Gasteiger partial charge in [-0.3, -0.25) is 9.59 Å². The van der Waals surface area contributed by atoms with E-state index in [0.717, 1.165) is 40.1 Å². The number of carbonyl (C=O) groups excluding carboxylic acids is 2. The number of hydrogen-bond donors (Lipinski definition) is 2. The number of thiophene rings is 1. The number of benzene rings is 2. The molecule has 1 aromatic heterocycles. The maximum absolute atomic E-state index is 12.9. The van der Waals surface area contributed by atoms with Crippen molar-refractivity contribution < 1.29 is 9.59 Å². The minimum atomic E-state index is -0.382. The molecule has 0 aliphatic rings. The summed E-state index contributed by atoms with van der Waals surface area (Å²) in [5.41, 5.74) is 4.13. The largest absolute Gasteiger partial charge is 0.326 e. The van der Waals surface area contributed by atoms with Gasteiger partial charge >= 0.3 is 0 Å². The molecule has 7 heteroatoms. The monoisotopic (exact) mass is 477 g/mol. The summed E-state index contributed by atoms with van der Waals surface area (Å²) in [6.45, 7) is 5.90. The van der Waals surface area contributed by atoms with E-state index in [-0.39, 0.29) is 17.1 Å². The van der Waals surface area contributed by atoms with Crippen LogP contribution < -0.4 is 10.6 Å². The zero-order valence-corrected chi connectivity index (χ0v) is 20.6. The Balaban J connectivity index is 1.66. The first-order valence-electron chi connectivity index (χ1n) is 10.9. The topological polar surface area (TPSA) is 82.0 Å². The molecule has 2 aromatic carbocycles. The van der Waals surface area contributed by atoms with Gasteiger partial charge in [-0.2, -0.15) is 5.26 Å². The molecule has 33 heavy (non-hydrogen) atoms. The lowest BCUT2D eigenvalue weighted by atomic mass is 10.0. The number of unbranched alkanes of at least 4 members (excludes halogenated alkanes) is 1. The van der Waals surface area contributed by atoms with E-state index < -0.39 is 0 Å². The van der Waals surface area contributed by atoms with E-state index in [2.05, 4.69) is 23.6 Å². The average molecular weight is 478 g/mol. The fraction of sp³-hybridized carbons (Fsp3) is 0.269. The molecule has 3 aromatic rings. The molecule has 1 unspecified atom stereocenters. The molecule has 0 saturated carbocycles. The van der Waals surface area contributed by atoms with Gasteiger partial charge in [-0.1, -0.05) is 49.2 Å². The zero-order chi connectivity index (χ0) is 23.8. The number of nitrogens with one attached hydrogen (secondary N) is 2. The second kappa shape index (κ2) is 11.7. The SMILES string of the molecule is CCCCC(=O)Nc1cccc(SC(C)C(=O)Nc2scc(-c3ccc(C)cc3)c2C#N)c1. The first-order valence-corrected chi connectivity index (χ1v) is 12.6. The highest BCUT2D eigenvalue weighted by Gasteiger charge is 2.20. The fourth-order valence-electron chi connectivity index (χ4n) is 3.19. The summed E-state index contributed by atoms with van der Waals surface area (Å²) in [7, 11) is 0. The number of nitrogens with zero attached hydrogens (tertiary/aromatic N) is 1. The average Bonchev–Trinajstić information content (AvgIpc) is 3.20. The third-order valence-electron chi connectivity index (χ3n) is 5.06. The maximum atomic E-state index is 12.9. The van der Waals surface area contributed by atoms with Gasteiger partial charge in [0.05, 0.1) is 10.8 Å². The number of carbonyl (C=O) groups is 2. The summed E-state index contributed by atoms with van der Waals surface area (Å²) in [4.78, 5) is 25.7. The number of anilines is 2. The van der Waals surface area contributed by atoms with E-state index in [1.165, 1.54) is 23.1 Å². The van der Waals surface area contributed by atoms with Crippen molar-refractivity contribution in [2.45, 2.75) is 50.2 Å². The zero-order valence-electron chi connectivity index (χ0n) is 19.0. The van der Waals surface area contributed by atoms with E-state index >= 15 is 0 Å². The van der Waals surface area contributed by atoms with Crippen molar-refractivity contribution in [2.24, 2.45) is 0 Å². The number of amides is 2. The molecule has 0 radical (unpaired) electrons. The third kappa shape index (κ3) is 6.70. The standard InChI is InChI=1S/C26H27N3O2S2/c1-4-5-9-24(30)28-20-7-6-8-21(14-20)33-18(3)25(31)29-26-22(15-27)23(16-32-26)19-12-10-17(2)11-13-19/h6-8,10-14,16,18H,4-5,9H2,1-3H3,(H,28,30)(H,29,31). The molecule has 0 saturated heterocycles. The van der Waals surface area contributed by atoms with Gasteiger partial charge in [-0.25, -0.2) is 0 Å². The summed E-state index contributed by atoms with van der Waals surface area (Å²) in [6.07, 6.45) is 2.33. The summed E-state index contributed by atoms with van der Waals surface area (Å²) < 4.78 is 0. The molecule has 0 aliphatic heterocycles. The van der Waals surface area contributed by atoms with Crippen molar-refractivity contribution in [3.05, 3.63) is 65.0 Å². The van der Waals surface area contributed by atoms with Crippen LogP contribution in [0.1, 0.15) is 44.2 Å². The van der Waals surface area contributed by atoms with Crippen LogP contribution in [0.4, 0.5) is 10.7 Å². The second-order valence-corrected chi connectivity index (χ2v) is 10.1. The van der Waals surface area contributed by atoms with Gasteiger partial charge in [-0.05, 0) is 44.0 Å². The lowest BCUT2D eigenvalue weighted by Crippen LogP contribution is -2.22. The first kappa shape index (κ1) is 24.6. The molecule has 5 nitrogen and oxygen atoms in total. The smallest absolute Gasteiger partial charge is 0.238 e. The highest BCUT2D eigenvalue weighted by Crippen LogP contribution is 2.36. The first-order chi connectivity index (χ1) is 15.9. The van der Waals surface area contributed by atoms with Gasteiger partial charge < -0.3 is 10.6 Å². The van der Waals surface area contributed by atoms with Crippen molar-refractivity contribution in [2.75, 3.05) is 10.6 Å². The highest BCUT2D eigenvalue weighted by atomic mass is 32.2. The molecular formula is C26H27N3O2S2. The Morgan fingerprint density at radius 1 is 1.15 bits per heavy atom. The molecule has 2 amide bonds. The van der Waals surface area contributed by atoms with Crippen LogP contribution in [0.25, 0.3) is 11.1 Å². The van der Waals surface area contributed by atoms with Crippen molar-refractivity contribution in [3.63, 3.8) is 0 Å². The van der Waals surface area contributed by atoms with Crippen molar-refractivity contribution in [3.8, 4) is 17.2 Å². The van der Waals surface area contributed by atoms with Crippen LogP contribution in [0, 0.1) is 18.3 Å². The molecule has 0 fully saturated rings. The third-order valence-corrected chi connectivity index (χ3v) is 7.05. The van der Waals surface area contributed by atoms with E-state index in [4.69, 9.17) is 0 Å². The van der Waals surface area contributed by atoms with Crippen LogP contribution in [0.2, 0.25) is 0 Å². The summed E-state index contributed by atoms with van der Waals surface area (Å²) in [5.74, 6) is -0.179. The summed E-state index contributed by atoms with van der Waals surface area (Å²) >= 11 is 2.76. The fourth-order valence-corrected chi connectivity index (χ4v) is 5.03. The Bertz CT molecular complexity index is 1160. The van der Waals surface area contributed by atoms with Crippen molar-refractivity contribution >= 4 is 45.6 Å². The van der Waals surface area contributed by atoms with Crippen LogP contribution in [0.3, 0.4) is 0 Å². The Morgan fingerprint density at radius 2 is 1.91 bits per heavy atom. The molecule has 2 N–H and O–H groups in total. The minimum absolute atomic E-state index is 0.00380. The number of rotatable bonds is 9. The van der Waals surface area contributed by atoms with Crippen LogP contribution >= 0.6 is 23.1 Å². The molecule has 170 valence electrons. The maximum Gasteiger partial charge on any atom is 0.238 e. The van der Waals surface area contributed by atoms with Gasteiger partial charge in [0.25, 0.3) is 0 Å². The van der Waals surface area contributed by atoms with Gasteiger partial charge in [-0.15, -0.1) is 23.1 Å². The normalized spacial score (nSPS) is 11.5. The summed E-state index contributed by atoms with van der Waals surface area (Å²) in [5, 5.41) is 17.6. The lowest BCUT2D eigenvalue weighted by molar-refractivity contribution is -0.116. The van der Waals surface area contributed by atoms with Gasteiger partial charge in [0.2, 0.25) is 11.8 Å². The quantitative estimate of drug-likeness (QED) is 0.330. The predicted octanol–water partition coefficient (Wildman–Crippen LogP) is 6.84. The minimum Gasteiger partial charge on any atom is -0.326 e. The van der Waals surface area contributed by atoms with Crippen LogP contribution in [0.15, 0.2) is 58.8 Å². The van der Waals surface area contributed by atoms with E-state index in [1.54, 1.807) is 0 Å². The molecule has 1 heterocycles. The second-order valence-electron chi connectivity index (χ2n) is 7.76. The van der Waals surface area contributed by atoms with Crippen LogP contribution in [0.5, 0.6) is 0 Å². The van der Waals surface area contributed by atoms with E-state index in [9.17, 15) is 14.9 Å². The highest BCUT2D eigenvalue weighted by molar-refractivity contribution is 8.00. The number of thioether (sulfide) groups is 1. The van der Waals surface area contributed by atoms with Crippen LogP contribution in [-0.4, -0.2) is 17.1 Å². The number of nitriles is 1. The Morgan fingerprint density at radius 3 is 2.61 bits per heavy atom. The van der Waals surface area contributed by atoms with E-state index in [1.807, 2.05) is 67.8 Å². The van der Waals surface area contributed by atoms with Crippen LogP contribution in [-0.2, 0) is 9.59 Å². The predicted molar refractivity (Wildman–Crippen MR) is 138 cm³/mol. The number of hydrogen-bond acceptors (Lipinski definition) is 5. The Hall–Kier alpha value is -3.08. The lowest BCUT2D eigenvalue weighted by Gasteiger charge is -2.13. The molecule has 0 bridgehead atoms. The summed E-state index contributed by atoms with van der Waals surface area (Å²) in [6, 6.07) is 17.7. The Kier molecular flexibility index (Phi) is 8.70.